The standard InChI is InChI=1S/C15H13BrF2N2O3S/c16-10-1-4-15(19-8-10)23-12-5-6-20(9-12)24(21,22)14-7-11(17)2-3-13(14)18/h1-4,7-8,12H,5-6,9H2/t12-/m1/s1. The van der Waals surface area contributed by atoms with Gasteiger partial charge in [-0.2, -0.15) is 4.31 Å². The van der Waals surface area contributed by atoms with Gasteiger partial charge in [0.05, 0.1) is 6.54 Å². The van der Waals surface area contributed by atoms with E-state index in [1.807, 2.05) is 0 Å². The first-order valence-corrected chi connectivity index (χ1v) is 9.33. The fourth-order valence-corrected chi connectivity index (χ4v) is 4.23. The lowest BCUT2D eigenvalue weighted by Crippen LogP contribution is -2.31. The van der Waals surface area contributed by atoms with Gasteiger partial charge in [-0.3, -0.25) is 0 Å². The second kappa shape index (κ2) is 6.73. The van der Waals surface area contributed by atoms with Crippen molar-refractivity contribution in [3.05, 3.63) is 52.6 Å². The van der Waals surface area contributed by atoms with Crippen molar-refractivity contribution in [3.63, 3.8) is 0 Å². The third kappa shape index (κ3) is 3.57. The van der Waals surface area contributed by atoms with Gasteiger partial charge in [0.1, 0.15) is 22.6 Å². The SMILES string of the molecule is O=S(=O)(c1cc(F)ccc1F)N1CC[C@@H](Oc2ccc(Br)cn2)C1. The number of hydrogen-bond donors (Lipinski definition) is 0. The van der Waals surface area contributed by atoms with Crippen LogP contribution in [-0.4, -0.2) is 36.9 Å². The van der Waals surface area contributed by atoms with E-state index in [2.05, 4.69) is 20.9 Å². The molecule has 1 fully saturated rings. The van der Waals surface area contributed by atoms with E-state index in [4.69, 9.17) is 4.74 Å². The van der Waals surface area contributed by atoms with Gasteiger partial charge in [-0.15, -0.1) is 0 Å². The van der Waals surface area contributed by atoms with Crippen LogP contribution in [0.15, 0.2) is 45.9 Å². The molecule has 5 nitrogen and oxygen atoms in total. The molecule has 0 bridgehead atoms. The van der Waals surface area contributed by atoms with Gasteiger partial charge < -0.3 is 4.74 Å². The number of pyridine rings is 1. The van der Waals surface area contributed by atoms with Crippen LogP contribution in [0.2, 0.25) is 0 Å². The summed E-state index contributed by atoms with van der Waals surface area (Å²) in [5.41, 5.74) is 0. The smallest absolute Gasteiger partial charge is 0.246 e. The third-order valence-corrected chi connectivity index (χ3v) is 5.96. The Labute approximate surface area is 146 Å². The first-order chi connectivity index (χ1) is 11.4. The van der Waals surface area contributed by atoms with Crippen LogP contribution >= 0.6 is 15.9 Å². The zero-order valence-electron chi connectivity index (χ0n) is 12.3. The number of rotatable bonds is 4. The quantitative estimate of drug-likeness (QED) is 0.765. The van der Waals surface area contributed by atoms with Crippen LogP contribution < -0.4 is 4.74 Å². The molecule has 1 aromatic carbocycles. The number of benzene rings is 1. The lowest BCUT2D eigenvalue weighted by Gasteiger charge is -2.17. The molecule has 0 saturated carbocycles. The fourth-order valence-electron chi connectivity index (χ4n) is 2.43. The third-order valence-electron chi connectivity index (χ3n) is 3.61. The van der Waals surface area contributed by atoms with E-state index in [1.54, 1.807) is 18.3 Å². The second-order valence-corrected chi connectivity index (χ2v) is 8.10. The fraction of sp³-hybridized carbons (Fsp3) is 0.267. The molecule has 1 aromatic heterocycles. The molecule has 2 heterocycles. The number of nitrogens with zero attached hydrogens (tertiary/aromatic N) is 2. The second-order valence-electron chi connectivity index (χ2n) is 5.28. The highest BCUT2D eigenvalue weighted by Gasteiger charge is 2.35. The summed E-state index contributed by atoms with van der Waals surface area (Å²) in [5.74, 6) is -1.41. The molecule has 0 amide bonds. The number of ether oxygens (including phenoxy) is 1. The average molecular weight is 419 g/mol. The summed E-state index contributed by atoms with van der Waals surface area (Å²) >= 11 is 3.26. The van der Waals surface area contributed by atoms with Crippen molar-refractivity contribution in [1.82, 2.24) is 9.29 Å². The number of sulfonamides is 1. The minimum Gasteiger partial charge on any atom is -0.473 e. The molecule has 0 N–H and O–H groups in total. The lowest BCUT2D eigenvalue weighted by atomic mass is 10.3. The van der Waals surface area contributed by atoms with Crippen LogP contribution in [0.1, 0.15) is 6.42 Å². The Kier molecular flexibility index (Phi) is 4.84. The Balaban J connectivity index is 1.74. The first-order valence-electron chi connectivity index (χ1n) is 7.09. The first kappa shape index (κ1) is 17.2. The average Bonchev–Trinajstić information content (AvgIpc) is 3.01. The molecule has 24 heavy (non-hydrogen) atoms. The van der Waals surface area contributed by atoms with Crippen molar-refractivity contribution >= 4 is 26.0 Å². The Morgan fingerprint density at radius 3 is 2.75 bits per heavy atom. The van der Waals surface area contributed by atoms with Gasteiger partial charge >= 0.3 is 0 Å². The monoisotopic (exact) mass is 418 g/mol. The van der Waals surface area contributed by atoms with Crippen molar-refractivity contribution < 1.29 is 21.9 Å². The predicted octanol–water partition coefficient (Wildman–Crippen LogP) is 2.96. The molecule has 1 aliphatic heterocycles. The highest BCUT2D eigenvalue weighted by Crippen LogP contribution is 2.26. The normalized spacial score (nSPS) is 18.7. The van der Waals surface area contributed by atoms with Crippen molar-refractivity contribution in [2.24, 2.45) is 0 Å². The van der Waals surface area contributed by atoms with Crippen molar-refractivity contribution in [1.29, 1.82) is 0 Å². The van der Waals surface area contributed by atoms with Crippen LogP contribution in [0.25, 0.3) is 0 Å². The van der Waals surface area contributed by atoms with Crippen LogP contribution in [0.5, 0.6) is 5.88 Å². The molecule has 1 atom stereocenters. The van der Waals surface area contributed by atoms with Gasteiger partial charge in [0, 0.05) is 23.3 Å². The maximum absolute atomic E-state index is 13.8. The summed E-state index contributed by atoms with van der Waals surface area (Å²) in [4.78, 5) is 3.40. The van der Waals surface area contributed by atoms with E-state index in [-0.39, 0.29) is 13.1 Å². The molecule has 2 aromatic rings. The van der Waals surface area contributed by atoms with Crippen molar-refractivity contribution in [2.45, 2.75) is 17.4 Å². The maximum Gasteiger partial charge on any atom is 0.246 e. The highest BCUT2D eigenvalue weighted by atomic mass is 79.9. The van der Waals surface area contributed by atoms with E-state index in [0.29, 0.717) is 18.4 Å². The molecule has 9 heteroatoms. The van der Waals surface area contributed by atoms with E-state index in [9.17, 15) is 17.2 Å². The Bertz CT molecular complexity index is 846. The maximum atomic E-state index is 13.8. The zero-order chi connectivity index (χ0) is 17.3. The van der Waals surface area contributed by atoms with Crippen LogP contribution in [-0.2, 0) is 10.0 Å². The van der Waals surface area contributed by atoms with Gasteiger partial charge in [0.15, 0.2) is 0 Å². The summed E-state index contributed by atoms with van der Waals surface area (Å²) in [7, 11) is -4.11. The highest BCUT2D eigenvalue weighted by molar-refractivity contribution is 9.10. The lowest BCUT2D eigenvalue weighted by molar-refractivity contribution is 0.207. The largest absolute Gasteiger partial charge is 0.473 e. The van der Waals surface area contributed by atoms with Crippen molar-refractivity contribution in [3.8, 4) is 5.88 Å². The zero-order valence-corrected chi connectivity index (χ0v) is 14.7. The number of hydrogen-bond acceptors (Lipinski definition) is 4. The number of halogens is 3. The summed E-state index contributed by atoms with van der Waals surface area (Å²) in [6, 6.07) is 5.79. The summed E-state index contributed by atoms with van der Waals surface area (Å²) in [6.45, 7) is 0.218. The van der Waals surface area contributed by atoms with Crippen LogP contribution in [0.4, 0.5) is 8.78 Å². The molecule has 0 radical (unpaired) electrons. The molecular formula is C15H13BrF2N2O3S. The molecule has 1 aliphatic rings. The topological polar surface area (TPSA) is 59.5 Å². The molecular weight excluding hydrogens is 406 g/mol. The van der Waals surface area contributed by atoms with E-state index in [0.717, 1.165) is 20.9 Å². The summed E-state index contributed by atoms with van der Waals surface area (Å²) in [5, 5.41) is 0. The van der Waals surface area contributed by atoms with Gasteiger partial charge in [-0.1, -0.05) is 0 Å². The number of aromatic nitrogens is 1. The van der Waals surface area contributed by atoms with E-state index in [1.165, 1.54) is 0 Å². The Morgan fingerprint density at radius 2 is 2.04 bits per heavy atom. The summed E-state index contributed by atoms with van der Waals surface area (Å²) < 4.78 is 59.6. The van der Waals surface area contributed by atoms with Gasteiger partial charge in [-0.05, 0) is 46.6 Å². The van der Waals surface area contributed by atoms with Crippen LogP contribution in [0, 0.1) is 11.6 Å². The van der Waals surface area contributed by atoms with Gasteiger partial charge in [0.2, 0.25) is 15.9 Å². The minimum atomic E-state index is -4.11. The molecule has 0 spiro atoms. The Hall–Kier alpha value is -1.58. The van der Waals surface area contributed by atoms with Gasteiger partial charge in [-0.25, -0.2) is 22.2 Å². The summed E-state index contributed by atoms with van der Waals surface area (Å²) in [6.07, 6.45) is 1.61. The molecule has 0 aliphatic carbocycles. The van der Waals surface area contributed by atoms with Crippen LogP contribution in [0.3, 0.4) is 0 Å². The predicted molar refractivity (Wildman–Crippen MR) is 86.1 cm³/mol. The Morgan fingerprint density at radius 1 is 1.25 bits per heavy atom. The molecule has 3 rings (SSSR count). The van der Waals surface area contributed by atoms with Gasteiger partial charge in [0.25, 0.3) is 0 Å². The molecule has 0 unspecified atom stereocenters. The molecule has 1 saturated heterocycles. The van der Waals surface area contributed by atoms with E-state index >= 15 is 0 Å². The minimum absolute atomic E-state index is 0.0516. The molecule has 128 valence electrons. The van der Waals surface area contributed by atoms with E-state index < -0.39 is 32.7 Å². The van der Waals surface area contributed by atoms with Crippen molar-refractivity contribution in [2.75, 3.05) is 13.1 Å².